The van der Waals surface area contributed by atoms with Crippen LogP contribution >= 0.6 is 0 Å². The summed E-state index contributed by atoms with van der Waals surface area (Å²) < 4.78 is 38.0. The number of carbonyl (C=O) groups excluding carboxylic acids is 2. The van der Waals surface area contributed by atoms with E-state index < -0.39 is 28.3 Å². The van der Waals surface area contributed by atoms with Crippen molar-refractivity contribution in [1.82, 2.24) is 4.90 Å². The zero-order valence-electron chi connectivity index (χ0n) is 12.5. The van der Waals surface area contributed by atoms with Crippen LogP contribution in [-0.4, -0.2) is 39.8 Å². The molecule has 0 bridgehead atoms. The number of amides is 2. The van der Waals surface area contributed by atoms with E-state index in [0.29, 0.717) is 24.9 Å². The predicted octanol–water partition coefficient (Wildman–Crippen LogP) is 0.937. The van der Waals surface area contributed by atoms with Crippen molar-refractivity contribution in [2.75, 3.05) is 18.8 Å². The largest absolute Gasteiger partial charge is 0.369 e. The van der Waals surface area contributed by atoms with Crippen molar-refractivity contribution in [1.29, 1.82) is 0 Å². The van der Waals surface area contributed by atoms with Crippen LogP contribution in [0.3, 0.4) is 0 Å². The number of benzene rings is 1. The van der Waals surface area contributed by atoms with Crippen LogP contribution in [0, 0.1) is 17.6 Å². The molecule has 1 saturated heterocycles. The highest BCUT2D eigenvalue weighted by molar-refractivity contribution is 7.84. The van der Waals surface area contributed by atoms with Crippen molar-refractivity contribution in [3.8, 4) is 0 Å². The zero-order valence-corrected chi connectivity index (χ0v) is 13.3. The summed E-state index contributed by atoms with van der Waals surface area (Å²) in [6, 6.07) is 3.28. The zero-order chi connectivity index (χ0) is 17.0. The fourth-order valence-electron chi connectivity index (χ4n) is 2.53. The highest BCUT2D eigenvalue weighted by atomic mass is 32.2. The number of piperidine rings is 1. The van der Waals surface area contributed by atoms with Crippen molar-refractivity contribution >= 4 is 22.6 Å². The maximum absolute atomic E-state index is 13.1. The summed E-state index contributed by atoms with van der Waals surface area (Å²) in [7, 11) is -1.54. The molecular weight excluding hydrogens is 326 g/mol. The number of carbonyl (C=O) groups is 2. The lowest BCUT2D eigenvalue weighted by molar-refractivity contribution is -0.132. The molecule has 0 aromatic heterocycles. The molecule has 1 heterocycles. The number of nitrogens with zero attached hydrogens (tertiary/aromatic N) is 1. The van der Waals surface area contributed by atoms with E-state index in [2.05, 4.69) is 0 Å². The number of hydrogen-bond acceptors (Lipinski definition) is 3. The third-order valence-corrected chi connectivity index (χ3v) is 5.00. The molecule has 2 rings (SSSR count). The van der Waals surface area contributed by atoms with E-state index in [0.717, 1.165) is 12.1 Å². The molecule has 0 aliphatic carbocycles. The summed E-state index contributed by atoms with van der Waals surface area (Å²) >= 11 is 0. The molecule has 1 aliphatic heterocycles. The van der Waals surface area contributed by atoms with Crippen LogP contribution in [0.25, 0.3) is 0 Å². The Morgan fingerprint density at radius 1 is 1.30 bits per heavy atom. The molecular formula is C15H18F2N2O3S. The van der Waals surface area contributed by atoms with Crippen LogP contribution in [0.1, 0.15) is 18.4 Å². The quantitative estimate of drug-likeness (QED) is 0.863. The molecule has 5 nitrogen and oxygen atoms in total. The number of hydrogen-bond donors (Lipinski definition) is 1. The first-order valence-electron chi connectivity index (χ1n) is 7.23. The number of likely N-dealkylation sites (tertiary alicyclic amines) is 1. The van der Waals surface area contributed by atoms with Gasteiger partial charge in [-0.3, -0.25) is 13.8 Å². The molecule has 1 aliphatic rings. The van der Waals surface area contributed by atoms with Gasteiger partial charge in [0, 0.05) is 29.6 Å². The second-order valence-corrected chi connectivity index (χ2v) is 7.02. The average Bonchev–Trinajstić information content (AvgIpc) is 2.51. The Morgan fingerprint density at radius 2 is 2.04 bits per heavy atom. The van der Waals surface area contributed by atoms with Gasteiger partial charge in [-0.05, 0) is 30.5 Å². The van der Waals surface area contributed by atoms with E-state index in [9.17, 15) is 22.6 Å². The van der Waals surface area contributed by atoms with Gasteiger partial charge in [0.25, 0.3) is 0 Å². The van der Waals surface area contributed by atoms with Gasteiger partial charge in [0.15, 0.2) is 11.6 Å². The molecule has 2 atom stereocenters. The Morgan fingerprint density at radius 3 is 2.70 bits per heavy atom. The van der Waals surface area contributed by atoms with Crippen LogP contribution in [0.15, 0.2) is 18.2 Å². The van der Waals surface area contributed by atoms with Gasteiger partial charge in [-0.15, -0.1) is 0 Å². The highest BCUT2D eigenvalue weighted by Gasteiger charge is 2.27. The lowest BCUT2D eigenvalue weighted by atomic mass is 9.97. The predicted molar refractivity (Wildman–Crippen MR) is 81.6 cm³/mol. The third kappa shape index (κ3) is 4.82. The normalized spacial score (nSPS) is 19.4. The Bertz CT molecular complexity index is 639. The van der Waals surface area contributed by atoms with Crippen molar-refractivity contribution in [2.45, 2.75) is 18.6 Å². The Hall–Kier alpha value is -1.83. The summed E-state index contributed by atoms with van der Waals surface area (Å²) in [6.07, 6.45) is 1.33. The van der Waals surface area contributed by atoms with Crippen LogP contribution in [0.4, 0.5) is 8.78 Å². The van der Waals surface area contributed by atoms with Crippen molar-refractivity contribution in [2.24, 2.45) is 11.7 Å². The van der Waals surface area contributed by atoms with Gasteiger partial charge in [-0.1, -0.05) is 6.07 Å². The summed E-state index contributed by atoms with van der Waals surface area (Å²) in [5.74, 6) is -3.36. The molecule has 0 spiro atoms. The second-order valence-electron chi connectivity index (χ2n) is 5.56. The Balaban J connectivity index is 1.90. The molecule has 8 heteroatoms. The number of nitrogens with two attached hydrogens (primary N) is 1. The first-order valence-corrected chi connectivity index (χ1v) is 8.71. The third-order valence-electron chi connectivity index (χ3n) is 3.77. The first kappa shape index (κ1) is 17.5. The SMILES string of the molecule is NC(=O)[C@@H]1CCCN(C(=O)C[S@](=O)Cc2ccc(F)c(F)c2)C1. The highest BCUT2D eigenvalue weighted by Crippen LogP contribution is 2.17. The molecule has 0 unspecified atom stereocenters. The minimum Gasteiger partial charge on any atom is -0.369 e. The van der Waals surface area contributed by atoms with Crippen LogP contribution in [-0.2, 0) is 26.1 Å². The lowest BCUT2D eigenvalue weighted by Gasteiger charge is -2.31. The van der Waals surface area contributed by atoms with E-state index in [1.54, 1.807) is 0 Å². The van der Waals surface area contributed by atoms with Gasteiger partial charge in [0.05, 0.1) is 5.92 Å². The molecule has 23 heavy (non-hydrogen) atoms. The van der Waals surface area contributed by atoms with Crippen LogP contribution in [0.5, 0.6) is 0 Å². The molecule has 2 N–H and O–H groups in total. The Labute approximate surface area is 135 Å². The molecule has 1 aromatic rings. The first-order chi connectivity index (χ1) is 10.9. The number of primary amides is 1. The minimum atomic E-state index is -1.54. The van der Waals surface area contributed by atoms with Gasteiger partial charge in [-0.25, -0.2) is 8.78 Å². The van der Waals surface area contributed by atoms with Gasteiger partial charge in [0.1, 0.15) is 5.75 Å². The fourth-order valence-corrected chi connectivity index (χ4v) is 3.64. The smallest absolute Gasteiger partial charge is 0.235 e. The molecule has 1 fully saturated rings. The molecule has 1 aromatic carbocycles. The number of rotatable bonds is 5. The van der Waals surface area contributed by atoms with E-state index >= 15 is 0 Å². The monoisotopic (exact) mass is 344 g/mol. The standard InChI is InChI=1S/C15H18F2N2O3S/c16-12-4-3-10(6-13(12)17)8-23(22)9-14(20)19-5-1-2-11(7-19)15(18)21/h3-4,6,11H,1-2,5,7-9H2,(H2,18,21)/t11-,23-/m1/s1. The van der Waals surface area contributed by atoms with E-state index in [4.69, 9.17) is 5.73 Å². The maximum atomic E-state index is 13.1. The molecule has 0 saturated carbocycles. The van der Waals surface area contributed by atoms with E-state index in [-0.39, 0.29) is 29.9 Å². The fraction of sp³-hybridized carbons (Fsp3) is 0.467. The van der Waals surface area contributed by atoms with Gasteiger partial charge < -0.3 is 10.6 Å². The van der Waals surface area contributed by atoms with Gasteiger partial charge in [-0.2, -0.15) is 0 Å². The maximum Gasteiger partial charge on any atom is 0.235 e. The molecule has 2 amide bonds. The second kappa shape index (κ2) is 7.63. The summed E-state index contributed by atoms with van der Waals surface area (Å²) in [6.45, 7) is 0.752. The summed E-state index contributed by atoms with van der Waals surface area (Å²) in [5.41, 5.74) is 5.62. The minimum absolute atomic E-state index is 0.0317. The van der Waals surface area contributed by atoms with Crippen molar-refractivity contribution < 1.29 is 22.6 Å². The average molecular weight is 344 g/mol. The topological polar surface area (TPSA) is 80.5 Å². The molecule has 0 radical (unpaired) electrons. The van der Waals surface area contributed by atoms with Crippen molar-refractivity contribution in [3.63, 3.8) is 0 Å². The van der Waals surface area contributed by atoms with Crippen LogP contribution in [0.2, 0.25) is 0 Å². The van der Waals surface area contributed by atoms with E-state index in [1.807, 2.05) is 0 Å². The van der Waals surface area contributed by atoms with E-state index in [1.165, 1.54) is 11.0 Å². The summed E-state index contributed by atoms with van der Waals surface area (Å²) in [5, 5.41) is 0. The summed E-state index contributed by atoms with van der Waals surface area (Å²) in [4.78, 5) is 24.8. The van der Waals surface area contributed by atoms with Crippen LogP contribution < -0.4 is 5.73 Å². The molecule has 126 valence electrons. The van der Waals surface area contributed by atoms with Crippen molar-refractivity contribution in [3.05, 3.63) is 35.4 Å². The van der Waals surface area contributed by atoms with Gasteiger partial charge in [0.2, 0.25) is 11.8 Å². The van der Waals surface area contributed by atoms with Gasteiger partial charge >= 0.3 is 0 Å². The lowest BCUT2D eigenvalue weighted by Crippen LogP contribution is -2.45. The number of halogens is 2. The Kier molecular flexibility index (Phi) is 5.81.